The van der Waals surface area contributed by atoms with Crippen LogP contribution in [0.1, 0.15) is 5.56 Å². The zero-order valence-corrected chi connectivity index (χ0v) is 18.2. The Morgan fingerprint density at radius 1 is 0.875 bits per heavy atom. The van der Waals surface area contributed by atoms with E-state index >= 15 is 0 Å². The highest BCUT2D eigenvalue weighted by Gasteiger charge is 2.30. The van der Waals surface area contributed by atoms with Crippen molar-refractivity contribution in [1.29, 1.82) is 0 Å². The second-order valence-corrected chi connectivity index (χ2v) is 9.63. The van der Waals surface area contributed by atoms with E-state index < -0.39 is 21.6 Å². The van der Waals surface area contributed by atoms with Crippen LogP contribution in [-0.4, -0.2) is 24.5 Å². The molecule has 4 rings (SSSR count). The third kappa shape index (κ3) is 4.56. The molecule has 0 atom stereocenters. The smallest absolute Gasteiger partial charge is 0.232 e. The highest BCUT2D eigenvalue weighted by atomic mass is 35.5. The van der Waals surface area contributed by atoms with Crippen LogP contribution in [0, 0.1) is 0 Å². The molecule has 9 heteroatoms. The molecule has 0 spiro atoms. The number of hydrogen-bond acceptors (Lipinski definition) is 3. The number of nitrogens with zero attached hydrogens (tertiary/aromatic N) is 2. The van der Waals surface area contributed by atoms with Crippen LogP contribution < -0.4 is 0 Å². The summed E-state index contributed by atoms with van der Waals surface area (Å²) in [4.78, 5) is 0.152. The Morgan fingerprint density at radius 3 is 2.12 bits per heavy atom. The van der Waals surface area contributed by atoms with Crippen molar-refractivity contribution in [2.24, 2.45) is 0 Å². The van der Waals surface area contributed by atoms with Gasteiger partial charge in [-0.1, -0.05) is 35.9 Å². The van der Waals surface area contributed by atoms with E-state index in [-0.39, 0.29) is 4.90 Å². The summed E-state index contributed by atoms with van der Waals surface area (Å²) in [5.41, 5.74) is 1.79. The van der Waals surface area contributed by atoms with E-state index in [1.54, 1.807) is 53.2 Å². The summed E-state index contributed by atoms with van der Waals surface area (Å²) in [6.45, 7) is 0. The van der Waals surface area contributed by atoms with E-state index in [1.807, 2.05) is 0 Å². The predicted molar refractivity (Wildman–Crippen MR) is 118 cm³/mol. The quantitative estimate of drug-likeness (QED) is 0.348. The van der Waals surface area contributed by atoms with Crippen LogP contribution >= 0.6 is 11.6 Å². The topological polar surface area (TPSA) is 52.0 Å². The van der Waals surface area contributed by atoms with Crippen molar-refractivity contribution in [3.05, 3.63) is 89.4 Å². The van der Waals surface area contributed by atoms with Gasteiger partial charge in [-0.05, 0) is 54.6 Å². The van der Waals surface area contributed by atoms with Gasteiger partial charge in [-0.2, -0.15) is 18.3 Å². The minimum atomic E-state index is -4.47. The van der Waals surface area contributed by atoms with Crippen molar-refractivity contribution < 1.29 is 21.6 Å². The average molecular weight is 477 g/mol. The van der Waals surface area contributed by atoms with E-state index in [9.17, 15) is 21.6 Å². The Kier molecular flexibility index (Phi) is 5.60. The van der Waals surface area contributed by atoms with Gasteiger partial charge in [0.15, 0.2) is 9.84 Å². The first-order valence-corrected chi connectivity index (χ1v) is 11.6. The van der Waals surface area contributed by atoms with Gasteiger partial charge in [0, 0.05) is 22.4 Å². The van der Waals surface area contributed by atoms with Crippen LogP contribution in [-0.2, 0) is 16.0 Å². The fourth-order valence-corrected chi connectivity index (χ4v) is 3.99. The minimum absolute atomic E-state index is 0.152. The maximum Gasteiger partial charge on any atom is 0.416 e. The normalized spacial score (nSPS) is 12.2. The van der Waals surface area contributed by atoms with Gasteiger partial charge < -0.3 is 0 Å². The molecule has 1 heterocycles. The molecular weight excluding hydrogens is 461 g/mol. The molecule has 0 saturated heterocycles. The number of aromatic nitrogens is 2. The Balaban J connectivity index is 1.87. The second-order valence-electron chi connectivity index (χ2n) is 7.18. The van der Waals surface area contributed by atoms with E-state index in [1.165, 1.54) is 18.2 Å². The molecule has 0 amide bonds. The maximum absolute atomic E-state index is 13.2. The van der Waals surface area contributed by atoms with Crippen molar-refractivity contribution in [2.75, 3.05) is 6.26 Å². The molecule has 0 aliphatic rings. The average Bonchev–Trinajstić information content (AvgIpc) is 3.19. The van der Waals surface area contributed by atoms with Crippen LogP contribution in [0.2, 0.25) is 5.02 Å². The molecule has 0 bridgehead atoms. The SMILES string of the molecule is CS(=O)(=O)c1ccc(-n2nc(-c3cccc(C(F)(F)F)c3)cc2-c2ccc(Cl)cc2)cc1. The van der Waals surface area contributed by atoms with Gasteiger partial charge in [0.05, 0.1) is 27.5 Å². The fourth-order valence-electron chi connectivity index (χ4n) is 3.23. The number of rotatable bonds is 4. The van der Waals surface area contributed by atoms with Crippen molar-refractivity contribution in [2.45, 2.75) is 11.1 Å². The highest BCUT2D eigenvalue weighted by molar-refractivity contribution is 7.90. The lowest BCUT2D eigenvalue weighted by molar-refractivity contribution is -0.137. The molecule has 1 aromatic heterocycles. The third-order valence-electron chi connectivity index (χ3n) is 4.84. The monoisotopic (exact) mass is 476 g/mol. The van der Waals surface area contributed by atoms with Crippen molar-refractivity contribution in [3.8, 4) is 28.2 Å². The Bertz CT molecular complexity index is 1380. The zero-order valence-electron chi connectivity index (χ0n) is 16.6. The summed E-state index contributed by atoms with van der Waals surface area (Å²) in [6, 6.07) is 19.7. The summed E-state index contributed by atoms with van der Waals surface area (Å²) in [6.07, 6.45) is -3.36. The van der Waals surface area contributed by atoms with Crippen LogP contribution in [0.4, 0.5) is 13.2 Å². The molecule has 0 aliphatic heterocycles. The molecule has 0 radical (unpaired) electrons. The molecule has 0 saturated carbocycles. The molecule has 3 aromatic carbocycles. The maximum atomic E-state index is 13.2. The molecule has 0 unspecified atom stereocenters. The standard InChI is InChI=1S/C23H16ClF3N2O2S/c1-32(30,31)20-11-9-19(10-12-20)29-22(15-5-7-18(24)8-6-15)14-21(28-29)16-3-2-4-17(13-16)23(25,26)27/h2-14H,1H3. The van der Waals surface area contributed by atoms with Gasteiger partial charge in [-0.3, -0.25) is 0 Å². The van der Waals surface area contributed by atoms with Crippen LogP contribution in [0.5, 0.6) is 0 Å². The Morgan fingerprint density at radius 2 is 1.53 bits per heavy atom. The third-order valence-corrected chi connectivity index (χ3v) is 6.22. The summed E-state index contributed by atoms with van der Waals surface area (Å²) < 4.78 is 64.7. The molecular formula is C23H16ClF3N2O2S. The highest BCUT2D eigenvalue weighted by Crippen LogP contribution is 2.34. The van der Waals surface area contributed by atoms with Gasteiger partial charge in [0.25, 0.3) is 0 Å². The zero-order chi connectivity index (χ0) is 23.1. The minimum Gasteiger partial charge on any atom is -0.232 e. The number of alkyl halides is 3. The number of hydrogen-bond donors (Lipinski definition) is 0. The molecule has 0 N–H and O–H groups in total. The van der Waals surface area contributed by atoms with Gasteiger partial charge in [0.2, 0.25) is 0 Å². The molecule has 0 aliphatic carbocycles. The number of halogens is 4. The van der Waals surface area contributed by atoms with Gasteiger partial charge in [-0.15, -0.1) is 0 Å². The van der Waals surface area contributed by atoms with Crippen molar-refractivity contribution in [3.63, 3.8) is 0 Å². The lowest BCUT2D eigenvalue weighted by atomic mass is 10.1. The predicted octanol–water partition coefficient (Wildman–Crippen LogP) is 6.28. The molecule has 32 heavy (non-hydrogen) atoms. The van der Waals surface area contributed by atoms with Crippen molar-refractivity contribution in [1.82, 2.24) is 9.78 Å². The van der Waals surface area contributed by atoms with E-state index in [0.717, 1.165) is 24.0 Å². The summed E-state index contributed by atoms with van der Waals surface area (Å²) >= 11 is 5.99. The lowest BCUT2D eigenvalue weighted by Crippen LogP contribution is -2.04. The summed E-state index contributed by atoms with van der Waals surface area (Å²) in [7, 11) is -3.38. The number of sulfone groups is 1. The largest absolute Gasteiger partial charge is 0.416 e. The summed E-state index contributed by atoms with van der Waals surface area (Å²) in [5.74, 6) is 0. The molecule has 4 aromatic rings. The second kappa shape index (κ2) is 8.11. The van der Waals surface area contributed by atoms with Crippen LogP contribution in [0.25, 0.3) is 28.2 Å². The van der Waals surface area contributed by atoms with E-state index in [4.69, 9.17) is 11.6 Å². The summed E-state index contributed by atoms with van der Waals surface area (Å²) in [5, 5.41) is 5.07. The Hall–Kier alpha value is -3.10. The fraction of sp³-hybridized carbons (Fsp3) is 0.0870. The van der Waals surface area contributed by atoms with Gasteiger partial charge in [-0.25, -0.2) is 13.1 Å². The molecule has 4 nitrogen and oxygen atoms in total. The molecule has 164 valence electrons. The van der Waals surface area contributed by atoms with Crippen molar-refractivity contribution >= 4 is 21.4 Å². The van der Waals surface area contributed by atoms with Gasteiger partial charge in [0.1, 0.15) is 0 Å². The lowest BCUT2D eigenvalue weighted by Gasteiger charge is -2.09. The number of benzene rings is 3. The first-order chi connectivity index (χ1) is 15.0. The first-order valence-electron chi connectivity index (χ1n) is 9.36. The van der Waals surface area contributed by atoms with Crippen LogP contribution in [0.15, 0.2) is 83.8 Å². The van der Waals surface area contributed by atoms with E-state index in [0.29, 0.717) is 27.7 Å². The van der Waals surface area contributed by atoms with Gasteiger partial charge >= 0.3 is 6.18 Å². The molecule has 0 fully saturated rings. The van der Waals surface area contributed by atoms with Crippen LogP contribution in [0.3, 0.4) is 0 Å². The first kappa shape index (κ1) is 22.1. The van der Waals surface area contributed by atoms with E-state index in [2.05, 4.69) is 5.10 Å². The Labute approximate surface area is 187 Å².